The number of carboxylic acid groups (broad SMARTS) is 1. The Kier molecular flexibility index (Phi) is 6.50. The number of ether oxygens (including phenoxy) is 3. The van der Waals surface area contributed by atoms with E-state index in [0.717, 1.165) is 38.7 Å². The van der Waals surface area contributed by atoms with Crippen LogP contribution in [0.3, 0.4) is 0 Å². The summed E-state index contributed by atoms with van der Waals surface area (Å²) in [4.78, 5) is 10.9. The van der Waals surface area contributed by atoms with Crippen LogP contribution in [0.1, 0.15) is 42.5 Å². The molecule has 5 nitrogen and oxygen atoms in total. The summed E-state index contributed by atoms with van der Waals surface area (Å²) in [6.45, 7) is 1.88. The Morgan fingerprint density at radius 2 is 2.05 bits per heavy atom. The number of carboxylic acids is 1. The number of aromatic carboxylic acids is 1. The zero-order valence-corrected chi connectivity index (χ0v) is 12.1. The highest BCUT2D eigenvalue weighted by atomic mass is 16.7. The van der Waals surface area contributed by atoms with Crippen LogP contribution in [0.25, 0.3) is 0 Å². The first-order valence-corrected chi connectivity index (χ1v) is 7.44. The molecule has 0 bridgehead atoms. The van der Waals surface area contributed by atoms with Gasteiger partial charge in [0, 0.05) is 18.8 Å². The molecule has 5 heteroatoms. The van der Waals surface area contributed by atoms with Crippen molar-refractivity contribution in [3.05, 3.63) is 29.8 Å². The third-order valence-corrected chi connectivity index (χ3v) is 3.34. The van der Waals surface area contributed by atoms with Gasteiger partial charge in [-0.2, -0.15) is 0 Å². The van der Waals surface area contributed by atoms with Crippen molar-refractivity contribution in [2.45, 2.75) is 38.4 Å². The van der Waals surface area contributed by atoms with E-state index in [9.17, 15) is 9.90 Å². The van der Waals surface area contributed by atoms with E-state index in [0.29, 0.717) is 19.0 Å². The van der Waals surface area contributed by atoms with Gasteiger partial charge < -0.3 is 24.1 Å². The largest absolute Gasteiger partial charge is 0.545 e. The maximum absolute atomic E-state index is 10.9. The van der Waals surface area contributed by atoms with E-state index in [2.05, 4.69) is 0 Å². The van der Waals surface area contributed by atoms with E-state index >= 15 is 0 Å². The molecule has 21 heavy (non-hydrogen) atoms. The van der Waals surface area contributed by atoms with Gasteiger partial charge in [-0.1, -0.05) is 12.1 Å². The summed E-state index contributed by atoms with van der Waals surface area (Å²) in [5.41, 5.74) is 0.0874. The van der Waals surface area contributed by atoms with Gasteiger partial charge in [-0.05, 0) is 44.2 Å². The van der Waals surface area contributed by atoms with Gasteiger partial charge in [0.2, 0.25) is 0 Å². The Bertz CT molecular complexity index is 440. The van der Waals surface area contributed by atoms with Crippen molar-refractivity contribution >= 4 is 5.97 Å². The number of carbonyl (C=O) groups excluding carboxylic acids is 1. The molecule has 2 rings (SSSR count). The molecule has 1 heterocycles. The number of carbonyl (C=O) groups is 1. The second-order valence-corrected chi connectivity index (χ2v) is 5.01. The van der Waals surface area contributed by atoms with E-state index in [4.69, 9.17) is 14.2 Å². The smallest absolute Gasteiger partial charge is 0.157 e. The molecule has 1 aliphatic rings. The summed E-state index contributed by atoms with van der Waals surface area (Å²) in [7, 11) is 0. The highest BCUT2D eigenvalue weighted by Gasteiger charge is 2.13. The fraction of sp³-hybridized carbons (Fsp3) is 0.562. The molecule has 1 aliphatic heterocycles. The normalized spacial score (nSPS) is 18.4. The number of hydrogen-bond donors (Lipinski definition) is 0. The maximum Gasteiger partial charge on any atom is 0.157 e. The molecule has 0 spiro atoms. The molecule has 116 valence electrons. The molecule has 1 atom stereocenters. The highest BCUT2D eigenvalue weighted by Crippen LogP contribution is 2.17. The molecule has 1 fully saturated rings. The number of rotatable bonds is 8. The van der Waals surface area contributed by atoms with Gasteiger partial charge in [0.25, 0.3) is 0 Å². The zero-order chi connectivity index (χ0) is 14.9. The lowest BCUT2D eigenvalue weighted by molar-refractivity contribution is -0.255. The minimum atomic E-state index is -1.22. The topological polar surface area (TPSA) is 67.8 Å². The van der Waals surface area contributed by atoms with Crippen LogP contribution in [0, 0.1) is 0 Å². The van der Waals surface area contributed by atoms with Gasteiger partial charge in [-0.25, -0.2) is 0 Å². The lowest BCUT2D eigenvalue weighted by Crippen LogP contribution is -2.23. The first-order chi connectivity index (χ1) is 10.3. The standard InChI is InChI=1S/C16H22O5/c17-16(18)13-7-1-2-8-14(13)19-10-5-6-12-21-15-9-3-4-11-20-15/h1-2,7-8,15H,3-6,9-12H2,(H,17,18)/p-1. The number of para-hydroxylation sites is 1. The van der Waals surface area contributed by atoms with Crippen LogP contribution >= 0.6 is 0 Å². The first-order valence-electron chi connectivity index (χ1n) is 7.44. The fourth-order valence-electron chi connectivity index (χ4n) is 2.20. The predicted molar refractivity (Wildman–Crippen MR) is 75.0 cm³/mol. The molecule has 0 N–H and O–H groups in total. The van der Waals surface area contributed by atoms with Crippen molar-refractivity contribution in [3.8, 4) is 5.75 Å². The lowest BCUT2D eigenvalue weighted by atomic mass is 10.2. The SMILES string of the molecule is O=C([O-])c1ccccc1OCCCCOC1CCCCO1. The van der Waals surface area contributed by atoms with Gasteiger partial charge in [-0.3, -0.25) is 0 Å². The van der Waals surface area contributed by atoms with Gasteiger partial charge in [-0.15, -0.1) is 0 Å². The zero-order valence-electron chi connectivity index (χ0n) is 12.1. The van der Waals surface area contributed by atoms with Crippen LogP contribution in [0.2, 0.25) is 0 Å². The van der Waals surface area contributed by atoms with E-state index in [1.54, 1.807) is 18.2 Å². The van der Waals surface area contributed by atoms with Crippen LogP contribution < -0.4 is 9.84 Å². The van der Waals surface area contributed by atoms with Crippen molar-refractivity contribution in [1.29, 1.82) is 0 Å². The molecule has 1 unspecified atom stereocenters. The van der Waals surface area contributed by atoms with Crippen molar-refractivity contribution in [1.82, 2.24) is 0 Å². The lowest BCUT2D eigenvalue weighted by Gasteiger charge is -2.22. The average molecular weight is 293 g/mol. The van der Waals surface area contributed by atoms with Crippen molar-refractivity contribution in [3.63, 3.8) is 0 Å². The minimum absolute atomic E-state index is 0.0570. The Labute approximate surface area is 124 Å². The number of hydrogen-bond acceptors (Lipinski definition) is 5. The van der Waals surface area contributed by atoms with Gasteiger partial charge in [0.1, 0.15) is 5.75 Å². The van der Waals surface area contributed by atoms with E-state index in [1.165, 1.54) is 6.07 Å². The fourth-order valence-corrected chi connectivity index (χ4v) is 2.20. The molecular formula is C16H21O5-. The summed E-state index contributed by atoms with van der Waals surface area (Å²) in [5, 5.41) is 10.9. The molecule has 1 aromatic rings. The minimum Gasteiger partial charge on any atom is -0.545 e. The molecule has 0 amide bonds. The van der Waals surface area contributed by atoms with Crippen LogP contribution in [-0.4, -0.2) is 32.1 Å². The van der Waals surface area contributed by atoms with Crippen LogP contribution in [0.5, 0.6) is 5.75 Å². The summed E-state index contributed by atoms with van der Waals surface area (Å²) in [5.74, 6) is -0.864. The summed E-state index contributed by atoms with van der Waals surface area (Å²) in [6, 6.07) is 6.51. The first kappa shape index (κ1) is 15.8. The van der Waals surface area contributed by atoms with Crippen molar-refractivity contribution in [2.24, 2.45) is 0 Å². The van der Waals surface area contributed by atoms with E-state index < -0.39 is 5.97 Å². The van der Waals surface area contributed by atoms with Crippen LogP contribution in [-0.2, 0) is 9.47 Å². The Morgan fingerprint density at radius 3 is 2.81 bits per heavy atom. The van der Waals surface area contributed by atoms with E-state index in [1.807, 2.05) is 0 Å². The summed E-state index contributed by atoms with van der Waals surface area (Å²) < 4.78 is 16.6. The molecule has 0 radical (unpaired) electrons. The molecule has 1 saturated heterocycles. The average Bonchev–Trinajstić information content (AvgIpc) is 2.52. The second-order valence-electron chi connectivity index (χ2n) is 5.01. The quantitative estimate of drug-likeness (QED) is 0.683. The Balaban J connectivity index is 1.60. The summed E-state index contributed by atoms with van der Waals surface area (Å²) >= 11 is 0. The monoisotopic (exact) mass is 293 g/mol. The molecule has 0 aliphatic carbocycles. The Morgan fingerprint density at radius 1 is 1.24 bits per heavy atom. The number of unbranched alkanes of at least 4 members (excludes halogenated alkanes) is 1. The van der Waals surface area contributed by atoms with Crippen molar-refractivity contribution in [2.75, 3.05) is 19.8 Å². The molecular weight excluding hydrogens is 272 g/mol. The van der Waals surface area contributed by atoms with Crippen LogP contribution in [0.15, 0.2) is 24.3 Å². The highest BCUT2D eigenvalue weighted by molar-refractivity contribution is 5.89. The maximum atomic E-state index is 10.9. The van der Waals surface area contributed by atoms with E-state index in [-0.39, 0.29) is 11.9 Å². The second kappa shape index (κ2) is 8.64. The number of benzene rings is 1. The van der Waals surface area contributed by atoms with Gasteiger partial charge >= 0.3 is 0 Å². The third kappa shape index (κ3) is 5.36. The Hall–Kier alpha value is -1.59. The molecule has 0 aromatic heterocycles. The van der Waals surface area contributed by atoms with Gasteiger partial charge in [0.15, 0.2) is 6.29 Å². The predicted octanol–water partition coefficient (Wildman–Crippen LogP) is 1.75. The van der Waals surface area contributed by atoms with Crippen LogP contribution in [0.4, 0.5) is 0 Å². The molecule has 0 saturated carbocycles. The summed E-state index contributed by atoms with van der Waals surface area (Å²) in [6.07, 6.45) is 4.84. The molecule has 1 aromatic carbocycles. The third-order valence-electron chi connectivity index (χ3n) is 3.34. The van der Waals surface area contributed by atoms with Gasteiger partial charge in [0.05, 0.1) is 12.6 Å². The van der Waals surface area contributed by atoms with Crippen molar-refractivity contribution < 1.29 is 24.1 Å².